The Kier molecular flexibility index (Phi) is 7.88. The largest absolute Gasteiger partial charge is 0.394 e. The van der Waals surface area contributed by atoms with E-state index in [-0.39, 0.29) is 0 Å². The number of aliphatic hydroxyl groups is 6. The van der Waals surface area contributed by atoms with E-state index in [0.717, 1.165) is 0 Å². The fraction of sp³-hybridized carbons (Fsp3) is 0.933. The first-order valence-electron chi connectivity index (χ1n) is 8.45. The highest BCUT2D eigenvalue weighted by Gasteiger charge is 2.51. The van der Waals surface area contributed by atoms with Gasteiger partial charge in [0.25, 0.3) is 0 Å². The van der Waals surface area contributed by atoms with Crippen molar-refractivity contribution in [2.24, 2.45) is 0 Å². The summed E-state index contributed by atoms with van der Waals surface area (Å²) in [5, 5.41) is 61.9. The fourth-order valence-electron chi connectivity index (χ4n) is 3.15. The van der Waals surface area contributed by atoms with Crippen LogP contribution in [0.2, 0.25) is 0 Å². The molecule has 0 aliphatic carbocycles. The van der Waals surface area contributed by atoms with Gasteiger partial charge in [0.2, 0.25) is 5.91 Å². The lowest BCUT2D eigenvalue weighted by Crippen LogP contribution is -2.67. The Morgan fingerprint density at radius 3 is 2.00 bits per heavy atom. The smallest absolute Gasteiger partial charge is 0.217 e. The average molecular weight is 397 g/mol. The zero-order chi connectivity index (χ0) is 20.3. The van der Waals surface area contributed by atoms with Crippen LogP contribution in [-0.4, -0.2) is 118 Å². The van der Waals surface area contributed by atoms with Crippen LogP contribution in [0.5, 0.6) is 0 Å². The first-order chi connectivity index (χ1) is 12.7. The number of rotatable bonds is 6. The number of ether oxygens (including phenoxy) is 4. The second-order valence-electron chi connectivity index (χ2n) is 6.48. The van der Waals surface area contributed by atoms with Crippen molar-refractivity contribution in [1.29, 1.82) is 0 Å². The van der Waals surface area contributed by atoms with Crippen LogP contribution < -0.4 is 5.32 Å². The van der Waals surface area contributed by atoms with Gasteiger partial charge in [0, 0.05) is 14.0 Å². The van der Waals surface area contributed by atoms with E-state index in [1.54, 1.807) is 0 Å². The molecule has 0 aromatic carbocycles. The molecular weight excluding hydrogens is 370 g/mol. The summed E-state index contributed by atoms with van der Waals surface area (Å²) < 4.78 is 21.2. The Bertz CT molecular complexity index is 478. The first kappa shape index (κ1) is 22.4. The summed E-state index contributed by atoms with van der Waals surface area (Å²) in [4.78, 5) is 11.4. The molecule has 7 N–H and O–H groups in total. The molecule has 2 fully saturated rings. The molecule has 0 saturated carbocycles. The van der Waals surface area contributed by atoms with E-state index < -0.39 is 80.5 Å². The van der Waals surface area contributed by atoms with Crippen molar-refractivity contribution >= 4 is 5.91 Å². The van der Waals surface area contributed by atoms with Crippen LogP contribution in [0, 0.1) is 0 Å². The molecule has 0 aromatic rings. The number of carbonyl (C=O) groups is 1. The summed E-state index contributed by atoms with van der Waals surface area (Å²) in [5.41, 5.74) is 0. The van der Waals surface area contributed by atoms with Crippen molar-refractivity contribution in [1.82, 2.24) is 5.32 Å². The standard InChI is InChI=1S/C15H27NO11/c1-5(19)16-8-11(22)9(20)6(3-17)25-14(8)27-13-10(21)7(4-18)26-15(24-2)12(13)23/h6-15,17-18,20-23H,3-4H2,1-2H3,(H,16,19)/t6-,7-,8-,9-,10-,11-,12-,13+,14+,15-/m1/s1. The summed E-state index contributed by atoms with van der Waals surface area (Å²) >= 11 is 0. The number of carbonyl (C=O) groups excluding carboxylic acids is 1. The predicted molar refractivity (Wildman–Crippen MR) is 85.0 cm³/mol. The third-order valence-corrected chi connectivity index (χ3v) is 4.60. The Morgan fingerprint density at radius 2 is 1.48 bits per heavy atom. The third kappa shape index (κ3) is 4.74. The third-order valence-electron chi connectivity index (χ3n) is 4.60. The molecule has 27 heavy (non-hydrogen) atoms. The second-order valence-corrected chi connectivity index (χ2v) is 6.48. The molecule has 0 aromatic heterocycles. The van der Waals surface area contributed by atoms with Crippen LogP contribution in [-0.2, 0) is 23.7 Å². The summed E-state index contributed by atoms with van der Waals surface area (Å²) in [6.07, 6.45) is -12.4. The molecule has 158 valence electrons. The van der Waals surface area contributed by atoms with Gasteiger partial charge in [-0.15, -0.1) is 0 Å². The van der Waals surface area contributed by atoms with Crippen molar-refractivity contribution in [2.75, 3.05) is 20.3 Å². The molecule has 2 rings (SSSR count). The monoisotopic (exact) mass is 397 g/mol. The van der Waals surface area contributed by atoms with Crippen LogP contribution in [0.1, 0.15) is 6.92 Å². The summed E-state index contributed by atoms with van der Waals surface area (Å²) in [6.45, 7) is -0.0617. The highest BCUT2D eigenvalue weighted by molar-refractivity contribution is 5.73. The molecule has 2 aliphatic heterocycles. The van der Waals surface area contributed by atoms with Gasteiger partial charge >= 0.3 is 0 Å². The van der Waals surface area contributed by atoms with E-state index >= 15 is 0 Å². The van der Waals surface area contributed by atoms with Gasteiger partial charge in [-0.1, -0.05) is 0 Å². The number of nitrogens with one attached hydrogen (secondary N) is 1. The highest BCUT2D eigenvalue weighted by atomic mass is 16.7. The zero-order valence-electron chi connectivity index (χ0n) is 14.9. The number of amides is 1. The predicted octanol–water partition coefficient (Wildman–Crippen LogP) is -4.60. The summed E-state index contributed by atoms with van der Waals surface area (Å²) in [6, 6.07) is -1.25. The first-order valence-corrected chi connectivity index (χ1v) is 8.45. The summed E-state index contributed by atoms with van der Waals surface area (Å²) in [7, 11) is 1.25. The average Bonchev–Trinajstić information content (AvgIpc) is 2.64. The molecule has 0 bridgehead atoms. The van der Waals surface area contributed by atoms with Crippen LogP contribution in [0.3, 0.4) is 0 Å². The molecule has 1 amide bonds. The van der Waals surface area contributed by atoms with Gasteiger partial charge in [-0.3, -0.25) is 4.79 Å². The minimum Gasteiger partial charge on any atom is -0.394 e. The Labute approximate surface area is 155 Å². The van der Waals surface area contributed by atoms with Crippen LogP contribution in [0.4, 0.5) is 0 Å². The number of aliphatic hydroxyl groups excluding tert-OH is 6. The Morgan fingerprint density at radius 1 is 0.926 bits per heavy atom. The maximum absolute atomic E-state index is 11.4. The normalized spacial score (nSPS) is 45.5. The van der Waals surface area contributed by atoms with Crippen LogP contribution >= 0.6 is 0 Å². The zero-order valence-corrected chi connectivity index (χ0v) is 14.9. The second kappa shape index (κ2) is 9.52. The lowest BCUT2D eigenvalue weighted by molar-refractivity contribution is -0.344. The van der Waals surface area contributed by atoms with Crippen LogP contribution in [0.15, 0.2) is 0 Å². The van der Waals surface area contributed by atoms with Gasteiger partial charge < -0.3 is 54.9 Å². The molecule has 2 saturated heterocycles. The molecule has 0 unspecified atom stereocenters. The highest BCUT2D eigenvalue weighted by Crippen LogP contribution is 2.29. The van der Waals surface area contributed by atoms with E-state index in [2.05, 4.69) is 5.32 Å². The topological polar surface area (TPSA) is 187 Å². The minimum absolute atomic E-state index is 0.554. The fourth-order valence-corrected chi connectivity index (χ4v) is 3.15. The molecule has 12 heteroatoms. The van der Waals surface area contributed by atoms with E-state index in [1.165, 1.54) is 14.0 Å². The van der Waals surface area contributed by atoms with E-state index in [0.29, 0.717) is 0 Å². The number of hydrogen-bond donors (Lipinski definition) is 7. The minimum atomic E-state index is -1.55. The van der Waals surface area contributed by atoms with E-state index in [1.807, 2.05) is 0 Å². The van der Waals surface area contributed by atoms with Crippen molar-refractivity contribution < 1.29 is 54.4 Å². The number of hydrogen-bond acceptors (Lipinski definition) is 11. The van der Waals surface area contributed by atoms with Crippen molar-refractivity contribution in [3.63, 3.8) is 0 Å². The maximum Gasteiger partial charge on any atom is 0.217 e. The molecule has 0 radical (unpaired) electrons. The van der Waals surface area contributed by atoms with Gasteiger partial charge in [-0.05, 0) is 0 Å². The Hall–Kier alpha value is -0.930. The lowest BCUT2D eigenvalue weighted by atomic mass is 9.95. The van der Waals surface area contributed by atoms with Gasteiger partial charge in [-0.2, -0.15) is 0 Å². The Balaban J connectivity index is 2.24. The van der Waals surface area contributed by atoms with Gasteiger partial charge in [-0.25, -0.2) is 0 Å². The molecule has 2 heterocycles. The summed E-state index contributed by atoms with van der Waals surface area (Å²) in [5.74, 6) is -0.554. The molecule has 2 aliphatic rings. The molecular formula is C15H27NO11. The van der Waals surface area contributed by atoms with Gasteiger partial charge in [0.05, 0.1) is 13.2 Å². The van der Waals surface area contributed by atoms with Crippen molar-refractivity contribution in [3.8, 4) is 0 Å². The molecule has 10 atom stereocenters. The maximum atomic E-state index is 11.4. The van der Waals surface area contributed by atoms with E-state index in [9.17, 15) is 35.4 Å². The molecule has 12 nitrogen and oxygen atoms in total. The molecule has 0 spiro atoms. The van der Waals surface area contributed by atoms with E-state index in [4.69, 9.17) is 18.9 Å². The van der Waals surface area contributed by atoms with Crippen molar-refractivity contribution in [2.45, 2.75) is 68.3 Å². The van der Waals surface area contributed by atoms with Crippen molar-refractivity contribution in [3.05, 3.63) is 0 Å². The lowest BCUT2D eigenvalue weighted by Gasteiger charge is -2.46. The quantitative estimate of drug-likeness (QED) is 0.228. The SMILES string of the molecule is CO[C@@H]1O[C@H](CO)[C@@H](O)[C@H](O[C@@H]2O[C@H](CO)[C@@H](O)[C@H](O)[C@H]2NC(C)=O)[C@H]1O. The van der Waals surface area contributed by atoms with Gasteiger partial charge in [0.1, 0.15) is 48.8 Å². The van der Waals surface area contributed by atoms with Crippen LogP contribution in [0.25, 0.3) is 0 Å². The van der Waals surface area contributed by atoms with Gasteiger partial charge in [0.15, 0.2) is 12.6 Å². The number of methoxy groups -OCH3 is 1.